The summed E-state index contributed by atoms with van der Waals surface area (Å²) in [4.78, 5) is 11.9. The summed E-state index contributed by atoms with van der Waals surface area (Å²) < 4.78 is 19.1. The lowest BCUT2D eigenvalue weighted by Crippen LogP contribution is -2.18. The molecule has 1 atom stereocenters. The second-order valence-corrected chi connectivity index (χ2v) is 5.40. The minimum Gasteiger partial charge on any atom is -0.423 e. The van der Waals surface area contributed by atoms with Gasteiger partial charge in [0.1, 0.15) is 0 Å². The van der Waals surface area contributed by atoms with Crippen molar-refractivity contribution in [3.05, 3.63) is 29.6 Å². The SMILES string of the molecule is CCC(C)c1ccc(OC(=O)C2CCCC2)c(F)c1. The molecule has 1 fully saturated rings. The smallest absolute Gasteiger partial charge is 0.314 e. The van der Waals surface area contributed by atoms with Gasteiger partial charge >= 0.3 is 5.97 Å². The van der Waals surface area contributed by atoms with Crippen LogP contribution in [0.5, 0.6) is 5.75 Å². The van der Waals surface area contributed by atoms with Gasteiger partial charge in [-0.25, -0.2) is 4.39 Å². The number of hydrogen-bond donors (Lipinski definition) is 0. The largest absolute Gasteiger partial charge is 0.423 e. The Morgan fingerprint density at radius 2 is 2.11 bits per heavy atom. The maximum absolute atomic E-state index is 13.9. The lowest BCUT2D eigenvalue weighted by molar-refractivity contribution is -0.138. The van der Waals surface area contributed by atoms with Gasteiger partial charge in [0, 0.05) is 0 Å². The Kier molecular flexibility index (Phi) is 4.56. The normalized spacial score (nSPS) is 17.4. The highest BCUT2D eigenvalue weighted by Gasteiger charge is 2.25. The van der Waals surface area contributed by atoms with Gasteiger partial charge in [0.15, 0.2) is 11.6 Å². The molecule has 3 heteroatoms. The first-order chi connectivity index (χ1) is 9.11. The minimum absolute atomic E-state index is 0.0476. The molecule has 0 bridgehead atoms. The number of rotatable bonds is 4. The fourth-order valence-electron chi connectivity index (χ4n) is 2.50. The standard InChI is InChI=1S/C16H21FO2/c1-3-11(2)13-8-9-15(14(17)10-13)19-16(18)12-6-4-5-7-12/h8-12H,3-7H2,1-2H3. The first-order valence-corrected chi connectivity index (χ1v) is 7.13. The number of carbonyl (C=O) groups is 1. The van der Waals surface area contributed by atoms with Crippen molar-refractivity contribution >= 4 is 5.97 Å². The third-order valence-corrected chi connectivity index (χ3v) is 4.04. The Labute approximate surface area is 114 Å². The molecule has 0 saturated heterocycles. The Hall–Kier alpha value is -1.38. The summed E-state index contributed by atoms with van der Waals surface area (Å²) in [6.45, 7) is 4.12. The van der Waals surface area contributed by atoms with Crippen molar-refractivity contribution in [2.45, 2.75) is 51.9 Å². The van der Waals surface area contributed by atoms with Crippen LogP contribution in [-0.2, 0) is 4.79 Å². The van der Waals surface area contributed by atoms with E-state index in [4.69, 9.17) is 4.74 Å². The van der Waals surface area contributed by atoms with E-state index in [1.54, 1.807) is 6.07 Å². The molecule has 0 spiro atoms. The van der Waals surface area contributed by atoms with Crippen molar-refractivity contribution in [2.24, 2.45) is 5.92 Å². The van der Waals surface area contributed by atoms with Gasteiger partial charge in [0.05, 0.1) is 5.92 Å². The van der Waals surface area contributed by atoms with E-state index < -0.39 is 5.82 Å². The molecule has 19 heavy (non-hydrogen) atoms. The molecule has 1 aromatic carbocycles. The highest BCUT2D eigenvalue weighted by atomic mass is 19.1. The van der Waals surface area contributed by atoms with Crippen LogP contribution >= 0.6 is 0 Å². The van der Waals surface area contributed by atoms with Crippen molar-refractivity contribution in [3.63, 3.8) is 0 Å². The predicted octanol–water partition coefficient (Wildman–Crippen LogP) is 4.43. The van der Waals surface area contributed by atoms with E-state index in [1.165, 1.54) is 6.07 Å². The van der Waals surface area contributed by atoms with Crippen LogP contribution < -0.4 is 4.74 Å². The third kappa shape index (κ3) is 3.34. The van der Waals surface area contributed by atoms with Crippen molar-refractivity contribution in [1.29, 1.82) is 0 Å². The molecule has 2 nitrogen and oxygen atoms in total. The summed E-state index contributed by atoms with van der Waals surface area (Å²) in [5.74, 6) is -0.400. The number of carbonyl (C=O) groups excluding carboxylic acids is 1. The fraction of sp³-hybridized carbons (Fsp3) is 0.562. The van der Waals surface area contributed by atoms with E-state index in [9.17, 15) is 9.18 Å². The van der Waals surface area contributed by atoms with E-state index in [1.807, 2.05) is 6.07 Å². The van der Waals surface area contributed by atoms with Crippen molar-refractivity contribution in [3.8, 4) is 5.75 Å². The van der Waals surface area contributed by atoms with Gasteiger partial charge in [0.2, 0.25) is 0 Å². The molecule has 1 saturated carbocycles. The highest BCUT2D eigenvalue weighted by molar-refractivity contribution is 5.75. The maximum Gasteiger partial charge on any atom is 0.314 e. The molecule has 0 heterocycles. The monoisotopic (exact) mass is 264 g/mol. The average Bonchev–Trinajstić information content (AvgIpc) is 2.94. The number of halogens is 1. The number of hydrogen-bond acceptors (Lipinski definition) is 2. The van der Waals surface area contributed by atoms with Crippen LogP contribution in [-0.4, -0.2) is 5.97 Å². The lowest BCUT2D eigenvalue weighted by Gasteiger charge is -2.13. The Morgan fingerprint density at radius 1 is 1.42 bits per heavy atom. The van der Waals surface area contributed by atoms with E-state index in [-0.39, 0.29) is 17.6 Å². The predicted molar refractivity (Wildman–Crippen MR) is 72.7 cm³/mol. The highest BCUT2D eigenvalue weighted by Crippen LogP contribution is 2.29. The van der Waals surface area contributed by atoms with Gasteiger partial charge in [-0.15, -0.1) is 0 Å². The third-order valence-electron chi connectivity index (χ3n) is 4.04. The molecule has 0 N–H and O–H groups in total. The summed E-state index contributed by atoms with van der Waals surface area (Å²) in [5.41, 5.74) is 0.945. The molecule has 0 aliphatic heterocycles. The summed E-state index contributed by atoms with van der Waals surface area (Å²) in [6, 6.07) is 4.89. The molecular weight excluding hydrogens is 243 g/mol. The first-order valence-electron chi connectivity index (χ1n) is 7.13. The summed E-state index contributed by atoms with van der Waals surface area (Å²) in [6.07, 6.45) is 4.82. The summed E-state index contributed by atoms with van der Waals surface area (Å²) in [7, 11) is 0. The molecule has 0 aromatic heterocycles. The van der Waals surface area contributed by atoms with Gasteiger partial charge in [-0.2, -0.15) is 0 Å². The quantitative estimate of drug-likeness (QED) is 0.594. The minimum atomic E-state index is -0.441. The molecule has 1 aliphatic rings. The van der Waals surface area contributed by atoms with Crippen LogP contribution in [0.25, 0.3) is 0 Å². The van der Waals surface area contributed by atoms with Crippen molar-refractivity contribution in [1.82, 2.24) is 0 Å². The molecule has 1 aliphatic carbocycles. The van der Waals surface area contributed by atoms with Crippen LogP contribution in [0.15, 0.2) is 18.2 Å². The second kappa shape index (κ2) is 6.18. The van der Waals surface area contributed by atoms with Crippen molar-refractivity contribution in [2.75, 3.05) is 0 Å². The van der Waals surface area contributed by atoms with Gasteiger partial charge in [-0.1, -0.05) is 32.8 Å². The number of benzene rings is 1. The molecule has 0 amide bonds. The van der Waals surface area contributed by atoms with E-state index >= 15 is 0 Å². The molecule has 1 aromatic rings. The second-order valence-electron chi connectivity index (χ2n) is 5.40. The lowest BCUT2D eigenvalue weighted by atomic mass is 9.98. The van der Waals surface area contributed by atoms with Crippen molar-refractivity contribution < 1.29 is 13.9 Å². The van der Waals surface area contributed by atoms with Gasteiger partial charge in [0.25, 0.3) is 0 Å². The fourth-order valence-corrected chi connectivity index (χ4v) is 2.50. The van der Waals surface area contributed by atoms with Gasteiger partial charge in [-0.05, 0) is 42.9 Å². The van der Waals surface area contributed by atoms with E-state index in [0.717, 1.165) is 37.7 Å². The molecule has 104 valence electrons. The zero-order valence-electron chi connectivity index (χ0n) is 11.6. The summed E-state index contributed by atoms with van der Waals surface area (Å²) >= 11 is 0. The zero-order valence-corrected chi connectivity index (χ0v) is 11.6. The van der Waals surface area contributed by atoms with E-state index in [2.05, 4.69) is 13.8 Å². The molecule has 0 radical (unpaired) electrons. The van der Waals surface area contributed by atoms with Gasteiger partial charge in [-0.3, -0.25) is 4.79 Å². The Bertz CT molecular complexity index is 450. The topological polar surface area (TPSA) is 26.3 Å². The Morgan fingerprint density at radius 3 is 2.68 bits per heavy atom. The van der Waals surface area contributed by atoms with Crippen LogP contribution in [0.2, 0.25) is 0 Å². The first kappa shape index (κ1) is 14.0. The maximum atomic E-state index is 13.9. The molecule has 1 unspecified atom stereocenters. The zero-order chi connectivity index (χ0) is 13.8. The number of esters is 1. The average molecular weight is 264 g/mol. The van der Waals surface area contributed by atoms with Crippen LogP contribution in [0.1, 0.15) is 57.4 Å². The van der Waals surface area contributed by atoms with Gasteiger partial charge < -0.3 is 4.74 Å². The van der Waals surface area contributed by atoms with Crippen LogP contribution in [0.4, 0.5) is 4.39 Å². The Balaban J connectivity index is 2.06. The molecule has 2 rings (SSSR count). The van der Waals surface area contributed by atoms with Crippen LogP contribution in [0.3, 0.4) is 0 Å². The van der Waals surface area contributed by atoms with E-state index in [0.29, 0.717) is 5.92 Å². The van der Waals surface area contributed by atoms with Crippen LogP contribution in [0, 0.1) is 11.7 Å². The number of ether oxygens (including phenoxy) is 1. The molecular formula is C16H21FO2. The summed E-state index contributed by atoms with van der Waals surface area (Å²) in [5, 5.41) is 0.